The lowest BCUT2D eigenvalue weighted by Crippen LogP contribution is -2.13. The number of rotatable bonds is 7. The Labute approximate surface area is 288 Å². The monoisotopic (exact) mass is 649 g/mol. The van der Waals surface area contributed by atoms with Crippen LogP contribution in [0.4, 0.5) is 25.8 Å². The minimum absolute atomic E-state index is 0.274. The molecular formula is C45H29F2N3. The van der Waals surface area contributed by atoms with Crippen LogP contribution in [0.5, 0.6) is 0 Å². The van der Waals surface area contributed by atoms with Gasteiger partial charge in [0.05, 0.1) is 28.1 Å². The summed E-state index contributed by atoms with van der Waals surface area (Å²) < 4.78 is 32.2. The highest BCUT2D eigenvalue weighted by molar-refractivity contribution is 6.25. The van der Waals surface area contributed by atoms with Gasteiger partial charge in [-0.25, -0.2) is 8.78 Å². The van der Waals surface area contributed by atoms with Gasteiger partial charge in [0, 0.05) is 33.9 Å². The Morgan fingerprint density at radius 1 is 0.520 bits per heavy atom. The van der Waals surface area contributed by atoms with Gasteiger partial charge < -0.3 is 9.47 Å². The van der Waals surface area contributed by atoms with Crippen molar-refractivity contribution in [1.29, 1.82) is 0 Å². The smallest absolute Gasteiger partial charge is 0.147 e. The molecule has 238 valence electrons. The van der Waals surface area contributed by atoms with E-state index in [4.69, 9.17) is 4.98 Å². The first-order chi connectivity index (χ1) is 24.6. The summed E-state index contributed by atoms with van der Waals surface area (Å²) in [5.74, 6) is -0.865. The predicted octanol–water partition coefficient (Wildman–Crippen LogP) is 12.4. The molecule has 0 bridgehead atoms. The number of para-hydroxylation sites is 3. The number of benzene rings is 7. The molecule has 2 heterocycles. The average molecular weight is 650 g/mol. The largest absolute Gasteiger partial charge is 0.309 e. The highest BCUT2D eigenvalue weighted by atomic mass is 19.1. The van der Waals surface area contributed by atoms with Gasteiger partial charge in [0.15, 0.2) is 0 Å². The van der Waals surface area contributed by atoms with E-state index in [1.54, 1.807) is 41.3 Å². The van der Waals surface area contributed by atoms with E-state index in [9.17, 15) is 8.78 Å². The van der Waals surface area contributed by atoms with Gasteiger partial charge in [0.1, 0.15) is 11.6 Å². The van der Waals surface area contributed by atoms with Crippen molar-refractivity contribution in [2.75, 3.05) is 4.90 Å². The molecule has 0 atom stereocenters. The molecule has 0 spiro atoms. The molecule has 3 nitrogen and oxygen atoms in total. The Morgan fingerprint density at radius 2 is 1.20 bits per heavy atom. The average Bonchev–Trinajstić information content (AvgIpc) is 3.51. The maximum atomic E-state index is 14.9. The lowest BCUT2D eigenvalue weighted by molar-refractivity contribution is 0.619. The molecule has 0 aliphatic heterocycles. The summed E-state index contributed by atoms with van der Waals surface area (Å²) in [7, 11) is 0. The molecule has 50 heavy (non-hydrogen) atoms. The molecule has 2 aromatic heterocycles. The molecule has 0 N–H and O–H groups in total. The van der Waals surface area contributed by atoms with Crippen LogP contribution < -0.4 is 4.90 Å². The summed E-state index contributed by atoms with van der Waals surface area (Å²) in [6.07, 6.45) is 5.87. The van der Waals surface area contributed by atoms with E-state index in [1.807, 2.05) is 54.7 Å². The van der Waals surface area contributed by atoms with Crippen molar-refractivity contribution in [1.82, 2.24) is 9.55 Å². The molecule has 0 saturated carbocycles. The molecule has 0 amide bonds. The summed E-state index contributed by atoms with van der Waals surface area (Å²) in [4.78, 5) is 6.38. The van der Waals surface area contributed by atoms with Gasteiger partial charge in [-0.05, 0) is 101 Å². The van der Waals surface area contributed by atoms with E-state index in [0.29, 0.717) is 5.69 Å². The van der Waals surface area contributed by atoms with E-state index in [-0.39, 0.29) is 11.4 Å². The first-order valence-corrected chi connectivity index (χ1v) is 16.5. The van der Waals surface area contributed by atoms with Gasteiger partial charge in [-0.3, -0.25) is 4.98 Å². The molecule has 7 aromatic carbocycles. The second kappa shape index (κ2) is 12.1. The maximum absolute atomic E-state index is 14.9. The van der Waals surface area contributed by atoms with Gasteiger partial charge in [0.2, 0.25) is 0 Å². The van der Waals surface area contributed by atoms with E-state index >= 15 is 0 Å². The normalized spacial score (nSPS) is 11.7. The Hall–Kier alpha value is -6.59. The van der Waals surface area contributed by atoms with Crippen LogP contribution in [0.2, 0.25) is 0 Å². The van der Waals surface area contributed by atoms with E-state index < -0.39 is 11.6 Å². The van der Waals surface area contributed by atoms with E-state index in [0.717, 1.165) is 28.1 Å². The number of hydrogen-bond donors (Lipinski definition) is 0. The zero-order chi connectivity index (χ0) is 33.6. The third kappa shape index (κ3) is 5.08. The van der Waals surface area contributed by atoms with Crippen molar-refractivity contribution in [3.63, 3.8) is 0 Å². The minimum atomic E-state index is -0.433. The van der Waals surface area contributed by atoms with Crippen LogP contribution in [0.25, 0.3) is 61.5 Å². The van der Waals surface area contributed by atoms with Crippen molar-refractivity contribution in [3.05, 3.63) is 187 Å². The van der Waals surface area contributed by atoms with Crippen molar-refractivity contribution >= 4 is 61.8 Å². The van der Waals surface area contributed by atoms with E-state index in [2.05, 4.69) is 77.4 Å². The Bertz CT molecular complexity index is 2610. The molecule has 0 aliphatic carbocycles. The summed E-state index contributed by atoms with van der Waals surface area (Å²) >= 11 is 0. The van der Waals surface area contributed by atoms with Gasteiger partial charge in [0.25, 0.3) is 0 Å². The third-order valence-corrected chi connectivity index (χ3v) is 9.32. The van der Waals surface area contributed by atoms with Crippen LogP contribution in [0, 0.1) is 11.6 Å². The first-order valence-electron chi connectivity index (χ1n) is 16.5. The molecule has 0 saturated heterocycles. The van der Waals surface area contributed by atoms with Crippen LogP contribution in [-0.2, 0) is 0 Å². The lowest BCUT2D eigenvalue weighted by Gasteiger charge is -2.26. The Kier molecular flexibility index (Phi) is 7.17. The summed E-state index contributed by atoms with van der Waals surface area (Å²) in [6.45, 7) is 0. The summed E-state index contributed by atoms with van der Waals surface area (Å²) in [6, 6.07) is 50.5. The van der Waals surface area contributed by atoms with Gasteiger partial charge in [-0.2, -0.15) is 0 Å². The minimum Gasteiger partial charge on any atom is -0.309 e. The molecule has 5 heteroatoms. The second-order valence-corrected chi connectivity index (χ2v) is 12.3. The number of pyridine rings is 1. The number of halogens is 2. The molecule has 9 rings (SSSR count). The molecule has 0 fully saturated rings. The topological polar surface area (TPSA) is 21.1 Å². The Morgan fingerprint density at radius 3 is 1.90 bits per heavy atom. The van der Waals surface area contributed by atoms with Gasteiger partial charge in [-0.1, -0.05) is 91.0 Å². The van der Waals surface area contributed by atoms with Crippen molar-refractivity contribution in [2.45, 2.75) is 0 Å². The molecular weight excluding hydrogens is 621 g/mol. The van der Waals surface area contributed by atoms with Crippen molar-refractivity contribution in [3.8, 4) is 16.8 Å². The summed E-state index contributed by atoms with van der Waals surface area (Å²) in [5, 5.41) is 5.00. The molecule has 0 radical (unpaired) electrons. The summed E-state index contributed by atoms with van der Waals surface area (Å²) in [5.41, 5.74) is 8.60. The van der Waals surface area contributed by atoms with Crippen LogP contribution >= 0.6 is 0 Å². The molecule has 9 aromatic rings. The quantitative estimate of drug-likeness (QED) is 0.160. The fourth-order valence-electron chi connectivity index (χ4n) is 6.98. The van der Waals surface area contributed by atoms with Crippen LogP contribution in [0.15, 0.2) is 164 Å². The SMILES string of the molecule is Fc1ccccc1N(c1ccc(C=Cc2ccc(-c3cc4ccc5cccc6c5c4c(c3)n6-c3ccccc3)cn2)cc1)c1ccccc1F. The Balaban J connectivity index is 1.02. The molecule has 0 aliphatic rings. The number of hydrogen-bond acceptors (Lipinski definition) is 2. The van der Waals surface area contributed by atoms with Gasteiger partial charge >= 0.3 is 0 Å². The fourth-order valence-corrected chi connectivity index (χ4v) is 6.98. The lowest BCUT2D eigenvalue weighted by atomic mass is 9.98. The third-order valence-electron chi connectivity index (χ3n) is 9.32. The zero-order valence-corrected chi connectivity index (χ0v) is 26.8. The van der Waals surface area contributed by atoms with E-state index in [1.165, 1.54) is 44.7 Å². The fraction of sp³-hybridized carbons (Fsp3) is 0. The van der Waals surface area contributed by atoms with Crippen LogP contribution in [0.1, 0.15) is 11.3 Å². The van der Waals surface area contributed by atoms with Crippen molar-refractivity contribution < 1.29 is 8.78 Å². The standard InChI is InChI=1S/C45H29F2N3/c46-38-12-4-6-14-40(38)49(41-15-7-5-13-39(41)47)37-25-18-30(19-26-37)17-23-35-24-22-33(29-48-35)34-27-32-21-20-31-9-8-16-42-44(31)45(32)43(28-34)50(42)36-10-2-1-3-11-36/h1-29H. The van der Waals surface area contributed by atoms with Crippen molar-refractivity contribution in [2.24, 2.45) is 0 Å². The molecule has 0 unspecified atom stereocenters. The highest BCUT2D eigenvalue weighted by Gasteiger charge is 2.20. The number of anilines is 3. The second-order valence-electron chi connectivity index (χ2n) is 12.3. The number of aromatic nitrogens is 2. The maximum Gasteiger partial charge on any atom is 0.147 e. The predicted molar refractivity (Wildman–Crippen MR) is 203 cm³/mol. The number of nitrogens with zero attached hydrogens (tertiary/aromatic N) is 3. The first kappa shape index (κ1) is 29.5. The zero-order valence-electron chi connectivity index (χ0n) is 26.8. The highest BCUT2D eigenvalue weighted by Crippen LogP contribution is 2.41. The van der Waals surface area contributed by atoms with Crippen LogP contribution in [-0.4, -0.2) is 9.55 Å². The van der Waals surface area contributed by atoms with Gasteiger partial charge in [-0.15, -0.1) is 0 Å². The van der Waals surface area contributed by atoms with Crippen LogP contribution in [0.3, 0.4) is 0 Å².